The number of amides is 1. The molecule has 1 aliphatic heterocycles. The first-order valence-corrected chi connectivity index (χ1v) is 7.35. The summed E-state index contributed by atoms with van der Waals surface area (Å²) in [6.45, 7) is 0.887. The number of nitrogens with two attached hydrogens (primary N) is 1. The van der Waals surface area contributed by atoms with E-state index in [1.165, 1.54) is 12.1 Å². The van der Waals surface area contributed by atoms with E-state index in [2.05, 4.69) is 15.9 Å². The Labute approximate surface area is 126 Å². The molecule has 1 fully saturated rings. The molecule has 0 radical (unpaired) electrons. The highest BCUT2D eigenvalue weighted by Gasteiger charge is 2.32. The molecular weight excluding hydrogens is 327 g/mol. The van der Waals surface area contributed by atoms with Crippen molar-refractivity contribution < 1.29 is 13.9 Å². The third kappa shape index (κ3) is 3.19. The number of hydrogen-bond acceptors (Lipinski definition) is 3. The molecule has 2 rings (SSSR count). The first-order valence-electron chi connectivity index (χ1n) is 6.55. The lowest BCUT2D eigenvalue weighted by atomic mass is 9.98. The average Bonchev–Trinajstić information content (AvgIpc) is 2.46. The van der Waals surface area contributed by atoms with Crippen LogP contribution in [0.4, 0.5) is 4.39 Å². The lowest BCUT2D eigenvalue weighted by Crippen LogP contribution is -2.51. The normalized spacial score (nSPS) is 22.9. The molecule has 0 bridgehead atoms. The highest BCUT2D eigenvalue weighted by atomic mass is 79.9. The lowest BCUT2D eigenvalue weighted by molar-refractivity contribution is 0.0137. The summed E-state index contributed by atoms with van der Waals surface area (Å²) in [6.07, 6.45) is 1.55. The first kappa shape index (κ1) is 15.4. The molecule has 0 saturated carbocycles. The fraction of sp³-hybridized carbons (Fsp3) is 0.500. The van der Waals surface area contributed by atoms with E-state index in [0.29, 0.717) is 24.0 Å². The van der Waals surface area contributed by atoms with E-state index in [4.69, 9.17) is 10.5 Å². The Kier molecular flexibility index (Phi) is 5.12. The van der Waals surface area contributed by atoms with E-state index in [1.807, 2.05) is 0 Å². The summed E-state index contributed by atoms with van der Waals surface area (Å²) in [5.41, 5.74) is 5.82. The Morgan fingerprint density at radius 3 is 2.95 bits per heavy atom. The van der Waals surface area contributed by atoms with Crippen molar-refractivity contribution in [2.75, 3.05) is 20.2 Å². The number of ether oxygens (including phenoxy) is 1. The van der Waals surface area contributed by atoms with Gasteiger partial charge in [-0.1, -0.05) is 15.9 Å². The third-order valence-electron chi connectivity index (χ3n) is 3.70. The maximum Gasteiger partial charge on any atom is 0.257 e. The maximum atomic E-state index is 13.9. The van der Waals surface area contributed by atoms with Crippen LogP contribution in [0.5, 0.6) is 0 Å². The molecule has 6 heteroatoms. The second-order valence-electron chi connectivity index (χ2n) is 4.89. The van der Waals surface area contributed by atoms with Crippen molar-refractivity contribution in [3.8, 4) is 0 Å². The molecular formula is C14H18BrFN2O2. The van der Waals surface area contributed by atoms with E-state index < -0.39 is 5.82 Å². The molecule has 0 spiro atoms. The summed E-state index contributed by atoms with van der Waals surface area (Å²) in [4.78, 5) is 14.1. The van der Waals surface area contributed by atoms with Crippen LogP contribution in [0, 0.1) is 5.82 Å². The van der Waals surface area contributed by atoms with Crippen LogP contribution in [0.1, 0.15) is 23.2 Å². The molecule has 2 unspecified atom stereocenters. The largest absolute Gasteiger partial charge is 0.381 e. The zero-order valence-corrected chi connectivity index (χ0v) is 12.9. The predicted octanol–water partition coefficient (Wildman–Crippen LogP) is 2.17. The van der Waals surface area contributed by atoms with Gasteiger partial charge in [0.25, 0.3) is 5.91 Å². The summed E-state index contributed by atoms with van der Waals surface area (Å²) in [6, 6.07) is 4.35. The van der Waals surface area contributed by atoms with Crippen molar-refractivity contribution in [1.82, 2.24) is 4.90 Å². The van der Waals surface area contributed by atoms with Crippen LogP contribution < -0.4 is 5.73 Å². The molecule has 1 amide bonds. The van der Waals surface area contributed by atoms with Crippen LogP contribution in [0.3, 0.4) is 0 Å². The van der Waals surface area contributed by atoms with Gasteiger partial charge in [-0.3, -0.25) is 4.79 Å². The Morgan fingerprint density at radius 2 is 2.35 bits per heavy atom. The zero-order valence-electron chi connectivity index (χ0n) is 11.3. The topological polar surface area (TPSA) is 55.6 Å². The Balaban J connectivity index is 2.19. The highest BCUT2D eigenvalue weighted by Crippen LogP contribution is 2.23. The number of methoxy groups -OCH3 is 1. The van der Waals surface area contributed by atoms with Crippen molar-refractivity contribution in [1.29, 1.82) is 0 Å². The summed E-state index contributed by atoms with van der Waals surface area (Å²) < 4.78 is 19.8. The van der Waals surface area contributed by atoms with E-state index in [-0.39, 0.29) is 23.6 Å². The number of halogens is 2. The van der Waals surface area contributed by atoms with Gasteiger partial charge in [-0.15, -0.1) is 0 Å². The SMILES string of the molecule is COC1CCN(C(=O)c2ccc(Br)cc2F)C(CN)C1. The second-order valence-corrected chi connectivity index (χ2v) is 5.81. The molecule has 2 atom stereocenters. The van der Waals surface area contributed by atoms with Crippen LogP contribution in [0.25, 0.3) is 0 Å². The second kappa shape index (κ2) is 6.65. The molecule has 1 aliphatic rings. The molecule has 2 N–H and O–H groups in total. The van der Waals surface area contributed by atoms with E-state index in [9.17, 15) is 9.18 Å². The monoisotopic (exact) mass is 344 g/mol. The molecule has 20 heavy (non-hydrogen) atoms. The van der Waals surface area contributed by atoms with Crippen LogP contribution in [0.2, 0.25) is 0 Å². The van der Waals surface area contributed by atoms with Gasteiger partial charge in [0.05, 0.1) is 11.7 Å². The summed E-state index contributed by atoms with van der Waals surface area (Å²) >= 11 is 3.18. The standard InChI is InChI=1S/C14H18BrFN2O2/c1-20-11-4-5-18(10(7-11)8-17)14(19)12-3-2-9(15)6-13(12)16/h2-3,6,10-11H,4-5,7-8,17H2,1H3. The van der Waals surface area contributed by atoms with E-state index in [0.717, 1.165) is 6.42 Å². The molecule has 1 aromatic rings. The number of likely N-dealkylation sites (tertiary alicyclic amines) is 1. The maximum absolute atomic E-state index is 13.9. The number of piperidine rings is 1. The van der Waals surface area contributed by atoms with Crippen molar-refractivity contribution in [3.05, 3.63) is 34.1 Å². The fourth-order valence-electron chi connectivity index (χ4n) is 2.54. The van der Waals surface area contributed by atoms with E-state index in [1.54, 1.807) is 18.1 Å². The zero-order chi connectivity index (χ0) is 14.7. The number of nitrogens with zero attached hydrogens (tertiary/aromatic N) is 1. The smallest absolute Gasteiger partial charge is 0.257 e. The van der Waals surface area contributed by atoms with Crippen molar-refractivity contribution in [2.24, 2.45) is 5.73 Å². The van der Waals surface area contributed by atoms with Gasteiger partial charge in [0, 0.05) is 30.7 Å². The van der Waals surface area contributed by atoms with Gasteiger partial charge in [0.2, 0.25) is 0 Å². The number of carbonyl (C=O) groups is 1. The summed E-state index contributed by atoms with van der Waals surface area (Å²) in [5, 5.41) is 0. The minimum Gasteiger partial charge on any atom is -0.381 e. The molecule has 1 heterocycles. The Bertz CT molecular complexity index is 498. The average molecular weight is 345 g/mol. The van der Waals surface area contributed by atoms with Gasteiger partial charge in [0.15, 0.2) is 0 Å². The van der Waals surface area contributed by atoms with Crippen LogP contribution in [0.15, 0.2) is 22.7 Å². The predicted molar refractivity (Wildman–Crippen MR) is 78.0 cm³/mol. The van der Waals surface area contributed by atoms with Crippen molar-refractivity contribution >= 4 is 21.8 Å². The molecule has 1 aromatic carbocycles. The van der Waals surface area contributed by atoms with Gasteiger partial charge in [-0.25, -0.2) is 4.39 Å². The quantitative estimate of drug-likeness (QED) is 0.914. The van der Waals surface area contributed by atoms with Crippen molar-refractivity contribution in [2.45, 2.75) is 25.0 Å². The number of benzene rings is 1. The van der Waals surface area contributed by atoms with Gasteiger partial charge in [-0.2, -0.15) is 0 Å². The van der Waals surface area contributed by atoms with Crippen LogP contribution >= 0.6 is 15.9 Å². The first-order chi connectivity index (χ1) is 9.56. The van der Waals surface area contributed by atoms with Gasteiger partial charge >= 0.3 is 0 Å². The molecule has 0 aliphatic carbocycles. The highest BCUT2D eigenvalue weighted by molar-refractivity contribution is 9.10. The minimum atomic E-state index is -0.519. The third-order valence-corrected chi connectivity index (χ3v) is 4.19. The van der Waals surface area contributed by atoms with Crippen molar-refractivity contribution in [3.63, 3.8) is 0 Å². The summed E-state index contributed by atoms with van der Waals surface area (Å²) in [5.74, 6) is -0.825. The van der Waals surface area contributed by atoms with Gasteiger partial charge < -0.3 is 15.4 Å². The number of carbonyl (C=O) groups excluding carboxylic acids is 1. The number of hydrogen-bond donors (Lipinski definition) is 1. The van der Waals surface area contributed by atoms with Gasteiger partial charge in [0.1, 0.15) is 5.82 Å². The molecule has 4 nitrogen and oxygen atoms in total. The minimum absolute atomic E-state index is 0.0857. The Hall–Kier alpha value is -0.980. The van der Waals surface area contributed by atoms with Gasteiger partial charge in [-0.05, 0) is 31.0 Å². The molecule has 110 valence electrons. The fourth-order valence-corrected chi connectivity index (χ4v) is 2.87. The van der Waals surface area contributed by atoms with E-state index >= 15 is 0 Å². The molecule has 1 saturated heterocycles. The number of rotatable bonds is 3. The van der Waals surface area contributed by atoms with Crippen LogP contribution in [-0.2, 0) is 4.74 Å². The van der Waals surface area contributed by atoms with Crippen LogP contribution in [-0.4, -0.2) is 43.2 Å². The Morgan fingerprint density at radius 1 is 1.60 bits per heavy atom. The molecule has 0 aromatic heterocycles. The summed E-state index contributed by atoms with van der Waals surface area (Å²) in [7, 11) is 1.66. The lowest BCUT2D eigenvalue weighted by Gasteiger charge is -2.38.